The van der Waals surface area contributed by atoms with Crippen LogP contribution in [0.2, 0.25) is 0 Å². The van der Waals surface area contributed by atoms with Gasteiger partial charge in [-0.25, -0.2) is 0 Å². The van der Waals surface area contributed by atoms with E-state index in [-0.39, 0.29) is 5.60 Å². The molecule has 2 nitrogen and oxygen atoms in total. The lowest BCUT2D eigenvalue weighted by molar-refractivity contribution is -0.0715. The minimum absolute atomic E-state index is 0.124. The molecule has 90 valence electrons. The molecule has 0 aromatic rings. The van der Waals surface area contributed by atoms with Crippen LogP contribution in [0.4, 0.5) is 0 Å². The summed E-state index contributed by atoms with van der Waals surface area (Å²) in [6, 6.07) is 0.518. The molecule has 0 radical (unpaired) electrons. The van der Waals surface area contributed by atoms with Gasteiger partial charge in [-0.05, 0) is 32.2 Å². The summed E-state index contributed by atoms with van der Waals surface area (Å²) in [4.78, 5) is 0. The lowest BCUT2D eigenvalue weighted by Gasteiger charge is -2.40. The molecule has 1 aliphatic carbocycles. The quantitative estimate of drug-likeness (QED) is 0.732. The Bertz CT molecular complexity index is 173. The van der Waals surface area contributed by atoms with Gasteiger partial charge in [-0.3, -0.25) is 0 Å². The highest BCUT2D eigenvalue weighted by atomic mass is 16.5. The zero-order valence-corrected chi connectivity index (χ0v) is 10.8. The first-order valence-corrected chi connectivity index (χ1v) is 6.53. The largest absolute Gasteiger partial charge is 0.374 e. The average molecular weight is 213 g/mol. The van der Waals surface area contributed by atoms with E-state index < -0.39 is 0 Å². The van der Waals surface area contributed by atoms with Crippen molar-refractivity contribution in [1.29, 1.82) is 0 Å². The van der Waals surface area contributed by atoms with Gasteiger partial charge < -0.3 is 10.1 Å². The van der Waals surface area contributed by atoms with Gasteiger partial charge in [0, 0.05) is 12.6 Å². The van der Waals surface area contributed by atoms with E-state index in [9.17, 15) is 0 Å². The van der Waals surface area contributed by atoms with Crippen LogP contribution < -0.4 is 5.32 Å². The van der Waals surface area contributed by atoms with Crippen molar-refractivity contribution >= 4 is 0 Å². The van der Waals surface area contributed by atoms with Crippen molar-refractivity contribution in [1.82, 2.24) is 5.32 Å². The van der Waals surface area contributed by atoms with Crippen molar-refractivity contribution < 1.29 is 4.74 Å². The second kappa shape index (κ2) is 5.86. The van der Waals surface area contributed by atoms with Crippen LogP contribution >= 0.6 is 0 Å². The van der Waals surface area contributed by atoms with Crippen molar-refractivity contribution in [3.63, 3.8) is 0 Å². The summed E-state index contributed by atoms with van der Waals surface area (Å²) in [6.07, 6.45) is 5.12. The third kappa shape index (κ3) is 2.94. The van der Waals surface area contributed by atoms with Gasteiger partial charge in [0.05, 0.1) is 5.60 Å². The summed E-state index contributed by atoms with van der Waals surface area (Å²) in [5.74, 6) is 0.648. The summed E-state index contributed by atoms with van der Waals surface area (Å²) in [5, 5.41) is 3.62. The summed E-state index contributed by atoms with van der Waals surface area (Å²) in [6.45, 7) is 10.8. The van der Waals surface area contributed by atoms with Gasteiger partial charge in [-0.1, -0.05) is 33.6 Å². The number of hydrogen-bond donors (Lipinski definition) is 1. The van der Waals surface area contributed by atoms with Crippen LogP contribution in [-0.2, 0) is 4.74 Å². The molecular formula is C13H27NO. The Morgan fingerprint density at radius 2 is 1.80 bits per heavy atom. The Kier molecular flexibility index (Phi) is 5.07. The number of rotatable bonds is 6. The number of nitrogens with one attached hydrogen (secondary N) is 1. The maximum Gasteiger partial charge on any atom is 0.0837 e. The van der Waals surface area contributed by atoms with Crippen LogP contribution in [-0.4, -0.2) is 24.8 Å². The predicted molar refractivity (Wildman–Crippen MR) is 65.1 cm³/mol. The predicted octanol–water partition coefficient (Wildman–Crippen LogP) is 2.97. The van der Waals surface area contributed by atoms with Gasteiger partial charge in [0.25, 0.3) is 0 Å². The molecule has 1 saturated carbocycles. The molecule has 1 atom stereocenters. The molecule has 1 rings (SSSR count). The molecule has 1 N–H and O–H groups in total. The van der Waals surface area contributed by atoms with E-state index >= 15 is 0 Å². The second-order valence-electron chi connectivity index (χ2n) is 4.98. The van der Waals surface area contributed by atoms with E-state index in [1.54, 1.807) is 0 Å². The molecule has 0 amide bonds. The average Bonchev–Trinajstić information content (AvgIpc) is 2.63. The Balaban J connectivity index is 2.74. The molecule has 1 aliphatic rings. The zero-order chi connectivity index (χ0) is 11.3. The third-order valence-corrected chi connectivity index (χ3v) is 3.54. The van der Waals surface area contributed by atoms with Gasteiger partial charge in [0.1, 0.15) is 0 Å². The summed E-state index contributed by atoms with van der Waals surface area (Å²) >= 11 is 0. The van der Waals surface area contributed by atoms with Gasteiger partial charge in [-0.2, -0.15) is 0 Å². The van der Waals surface area contributed by atoms with Crippen molar-refractivity contribution in [2.24, 2.45) is 5.92 Å². The van der Waals surface area contributed by atoms with Gasteiger partial charge >= 0.3 is 0 Å². The molecule has 0 spiro atoms. The Hall–Kier alpha value is -0.0800. The van der Waals surface area contributed by atoms with E-state index in [2.05, 4.69) is 33.0 Å². The van der Waals surface area contributed by atoms with E-state index in [0.717, 1.165) is 13.2 Å². The van der Waals surface area contributed by atoms with Gasteiger partial charge in [0.2, 0.25) is 0 Å². The highest BCUT2D eigenvalue weighted by Gasteiger charge is 2.42. The molecule has 0 bridgehead atoms. The van der Waals surface area contributed by atoms with Crippen LogP contribution in [0.1, 0.15) is 53.4 Å². The molecule has 2 heteroatoms. The molecule has 0 saturated heterocycles. The Morgan fingerprint density at radius 1 is 1.20 bits per heavy atom. The van der Waals surface area contributed by atoms with Gasteiger partial charge in [0.15, 0.2) is 0 Å². The minimum atomic E-state index is 0.124. The van der Waals surface area contributed by atoms with Crippen LogP contribution in [0.5, 0.6) is 0 Å². The first-order chi connectivity index (χ1) is 7.16. The fourth-order valence-corrected chi connectivity index (χ4v) is 3.06. The van der Waals surface area contributed by atoms with E-state index in [1.165, 1.54) is 25.7 Å². The van der Waals surface area contributed by atoms with Crippen LogP contribution in [0, 0.1) is 5.92 Å². The normalized spacial score (nSPS) is 22.2. The highest BCUT2D eigenvalue weighted by Crippen LogP contribution is 2.38. The third-order valence-electron chi connectivity index (χ3n) is 3.54. The van der Waals surface area contributed by atoms with Crippen LogP contribution in [0.15, 0.2) is 0 Å². The molecule has 15 heavy (non-hydrogen) atoms. The Morgan fingerprint density at radius 3 is 2.20 bits per heavy atom. The first kappa shape index (κ1) is 13.0. The second-order valence-corrected chi connectivity index (χ2v) is 4.98. The maximum atomic E-state index is 6.10. The molecule has 0 aliphatic heterocycles. The summed E-state index contributed by atoms with van der Waals surface area (Å²) < 4.78 is 6.10. The van der Waals surface area contributed by atoms with Gasteiger partial charge in [-0.15, -0.1) is 0 Å². The lowest BCUT2D eigenvalue weighted by Crippen LogP contribution is -2.53. The fraction of sp³-hybridized carbons (Fsp3) is 1.00. The monoisotopic (exact) mass is 213 g/mol. The molecule has 0 heterocycles. The SMILES string of the molecule is CCNC(C(C)C)C1(OCC)CCCC1. The Labute approximate surface area is 94.8 Å². The van der Waals surface area contributed by atoms with Crippen LogP contribution in [0.25, 0.3) is 0 Å². The molecule has 1 fully saturated rings. The van der Waals surface area contributed by atoms with Crippen molar-refractivity contribution in [3.05, 3.63) is 0 Å². The molecular weight excluding hydrogens is 186 g/mol. The summed E-state index contributed by atoms with van der Waals surface area (Å²) in [7, 11) is 0. The van der Waals surface area contributed by atoms with Crippen molar-refractivity contribution in [3.8, 4) is 0 Å². The van der Waals surface area contributed by atoms with Crippen molar-refractivity contribution in [2.45, 2.75) is 65.0 Å². The van der Waals surface area contributed by atoms with E-state index in [1.807, 2.05) is 0 Å². The van der Waals surface area contributed by atoms with E-state index in [4.69, 9.17) is 4.74 Å². The maximum absolute atomic E-state index is 6.10. The number of ether oxygens (including phenoxy) is 1. The molecule has 0 aromatic carbocycles. The molecule has 0 aromatic heterocycles. The number of hydrogen-bond acceptors (Lipinski definition) is 2. The van der Waals surface area contributed by atoms with Crippen LogP contribution in [0.3, 0.4) is 0 Å². The zero-order valence-electron chi connectivity index (χ0n) is 10.8. The highest BCUT2D eigenvalue weighted by molar-refractivity contribution is 4.98. The molecule has 1 unspecified atom stereocenters. The lowest BCUT2D eigenvalue weighted by atomic mass is 9.84. The topological polar surface area (TPSA) is 21.3 Å². The van der Waals surface area contributed by atoms with Crippen molar-refractivity contribution in [2.75, 3.05) is 13.2 Å². The fourth-order valence-electron chi connectivity index (χ4n) is 3.06. The smallest absolute Gasteiger partial charge is 0.0837 e. The first-order valence-electron chi connectivity index (χ1n) is 6.53. The standard InChI is InChI=1S/C13H27NO/c1-5-14-12(11(3)4)13(15-6-2)9-7-8-10-13/h11-12,14H,5-10H2,1-4H3. The number of likely N-dealkylation sites (N-methyl/N-ethyl adjacent to an activating group) is 1. The summed E-state index contributed by atoms with van der Waals surface area (Å²) in [5.41, 5.74) is 0.124. The minimum Gasteiger partial charge on any atom is -0.374 e. The van der Waals surface area contributed by atoms with E-state index in [0.29, 0.717) is 12.0 Å².